The highest BCUT2D eigenvalue weighted by atomic mass is 15.0. The van der Waals surface area contributed by atoms with Crippen LogP contribution in [0.5, 0.6) is 0 Å². The first-order chi connectivity index (χ1) is 23.3. The molecule has 3 aromatic heterocycles. The van der Waals surface area contributed by atoms with Gasteiger partial charge in [0, 0.05) is 43.7 Å². The Morgan fingerprint density at radius 1 is 0.383 bits per heavy atom. The van der Waals surface area contributed by atoms with Crippen molar-refractivity contribution in [3.8, 4) is 23.1 Å². The Hall–Kier alpha value is -6.57. The van der Waals surface area contributed by atoms with Crippen LogP contribution in [0.4, 0.5) is 0 Å². The largest absolute Gasteiger partial charge is 0.309 e. The van der Waals surface area contributed by atoms with Crippen molar-refractivity contribution in [2.75, 3.05) is 0 Å². The van der Waals surface area contributed by atoms with E-state index < -0.39 is 0 Å². The summed E-state index contributed by atoms with van der Waals surface area (Å²) in [7, 11) is 0. The van der Waals surface area contributed by atoms with Gasteiger partial charge in [0.2, 0.25) is 0 Å². The Bertz CT molecular complexity index is 2900. The molecule has 10 aromatic rings. The summed E-state index contributed by atoms with van der Waals surface area (Å²) in [5.41, 5.74) is 10.3. The van der Waals surface area contributed by atoms with Gasteiger partial charge < -0.3 is 13.7 Å². The van der Waals surface area contributed by atoms with Crippen LogP contribution in [0.1, 0.15) is 5.56 Å². The fourth-order valence-electron chi connectivity index (χ4n) is 7.75. The maximum absolute atomic E-state index is 10.7. The summed E-state index contributed by atoms with van der Waals surface area (Å²) < 4.78 is 6.96. The lowest BCUT2D eigenvalue weighted by Gasteiger charge is -2.13. The van der Waals surface area contributed by atoms with E-state index in [2.05, 4.69) is 171 Å². The summed E-state index contributed by atoms with van der Waals surface area (Å²) >= 11 is 0. The second-order valence-electron chi connectivity index (χ2n) is 12.1. The molecule has 0 aliphatic heterocycles. The van der Waals surface area contributed by atoms with Gasteiger partial charge in [-0.2, -0.15) is 5.26 Å². The molecule has 3 heterocycles. The van der Waals surface area contributed by atoms with Gasteiger partial charge in [0.05, 0.1) is 44.4 Å². The van der Waals surface area contributed by atoms with Gasteiger partial charge in [0.1, 0.15) is 6.07 Å². The zero-order valence-electron chi connectivity index (χ0n) is 25.3. The van der Waals surface area contributed by atoms with Gasteiger partial charge in [-0.1, -0.05) is 97.1 Å². The summed E-state index contributed by atoms with van der Waals surface area (Å²) in [5.74, 6) is 0. The van der Waals surface area contributed by atoms with Crippen LogP contribution < -0.4 is 0 Å². The number of hydrogen-bond donors (Lipinski definition) is 0. The SMILES string of the molecule is N#Cc1cc2c(cc1-n1c3ccccc3c3c1ccc1c4ccccc4n(-c4ccccc4)c13)c1ccccc1n2-c1ccccc1. The molecule has 0 saturated heterocycles. The van der Waals surface area contributed by atoms with Gasteiger partial charge in [-0.05, 0) is 60.7 Å². The van der Waals surface area contributed by atoms with Crippen molar-refractivity contribution in [1.29, 1.82) is 5.26 Å². The van der Waals surface area contributed by atoms with Gasteiger partial charge in [0.25, 0.3) is 0 Å². The van der Waals surface area contributed by atoms with E-state index in [0.717, 1.165) is 55.3 Å². The van der Waals surface area contributed by atoms with Gasteiger partial charge >= 0.3 is 0 Å². The zero-order chi connectivity index (χ0) is 31.1. The van der Waals surface area contributed by atoms with Crippen LogP contribution in [0.3, 0.4) is 0 Å². The molecule has 0 saturated carbocycles. The second-order valence-corrected chi connectivity index (χ2v) is 12.1. The lowest BCUT2D eigenvalue weighted by atomic mass is 10.1. The minimum atomic E-state index is 0.629. The van der Waals surface area contributed by atoms with Crippen LogP contribution in [0, 0.1) is 11.3 Å². The Kier molecular flexibility index (Phi) is 5.32. The highest BCUT2D eigenvalue weighted by Gasteiger charge is 2.23. The van der Waals surface area contributed by atoms with E-state index in [9.17, 15) is 5.26 Å². The molecule has 0 atom stereocenters. The van der Waals surface area contributed by atoms with E-state index in [-0.39, 0.29) is 0 Å². The van der Waals surface area contributed by atoms with Crippen LogP contribution in [0.2, 0.25) is 0 Å². The van der Waals surface area contributed by atoms with Crippen molar-refractivity contribution < 1.29 is 0 Å². The Balaban J connectivity index is 1.37. The topological polar surface area (TPSA) is 38.6 Å². The van der Waals surface area contributed by atoms with E-state index in [1.807, 2.05) is 6.07 Å². The van der Waals surface area contributed by atoms with Crippen molar-refractivity contribution in [3.63, 3.8) is 0 Å². The van der Waals surface area contributed by atoms with Gasteiger partial charge in [0.15, 0.2) is 0 Å². The molecular formula is C43H26N4. The Labute approximate surface area is 270 Å². The molecule has 0 N–H and O–H groups in total. The maximum atomic E-state index is 10.7. The van der Waals surface area contributed by atoms with E-state index in [1.165, 1.54) is 27.2 Å². The molecule has 4 heteroatoms. The molecule has 47 heavy (non-hydrogen) atoms. The highest BCUT2D eigenvalue weighted by molar-refractivity contribution is 6.26. The molecule has 0 amide bonds. The molecule has 10 rings (SSSR count). The molecule has 218 valence electrons. The molecule has 0 radical (unpaired) electrons. The molecule has 7 aromatic carbocycles. The molecule has 0 unspecified atom stereocenters. The van der Waals surface area contributed by atoms with E-state index in [0.29, 0.717) is 5.56 Å². The third kappa shape index (κ3) is 3.51. The first-order valence-electron chi connectivity index (χ1n) is 15.9. The minimum absolute atomic E-state index is 0.629. The minimum Gasteiger partial charge on any atom is -0.309 e. The summed E-state index contributed by atoms with van der Waals surface area (Å²) in [5, 5.41) is 17.8. The first-order valence-corrected chi connectivity index (χ1v) is 15.9. The molecule has 0 aliphatic carbocycles. The quantitative estimate of drug-likeness (QED) is 0.199. The summed E-state index contributed by atoms with van der Waals surface area (Å²) in [6, 6.07) is 58.1. The zero-order valence-corrected chi connectivity index (χ0v) is 25.3. The van der Waals surface area contributed by atoms with Crippen molar-refractivity contribution >= 4 is 65.4 Å². The number of fused-ring (bicyclic) bond motifs is 10. The van der Waals surface area contributed by atoms with Gasteiger partial charge in [-0.25, -0.2) is 0 Å². The number of hydrogen-bond acceptors (Lipinski definition) is 1. The second kappa shape index (κ2) is 9.71. The summed E-state index contributed by atoms with van der Waals surface area (Å²) in [6.45, 7) is 0. The average Bonchev–Trinajstić information content (AvgIpc) is 3.77. The normalized spacial score (nSPS) is 11.8. The Morgan fingerprint density at radius 3 is 1.57 bits per heavy atom. The van der Waals surface area contributed by atoms with Crippen LogP contribution in [0.25, 0.3) is 82.5 Å². The molecule has 0 aliphatic rings. The fraction of sp³-hybridized carbons (Fsp3) is 0. The molecule has 0 spiro atoms. The van der Waals surface area contributed by atoms with Crippen LogP contribution in [-0.2, 0) is 0 Å². The lowest BCUT2D eigenvalue weighted by Crippen LogP contribution is -1.99. The summed E-state index contributed by atoms with van der Waals surface area (Å²) in [6.07, 6.45) is 0. The standard InChI is InChI=1S/C43H26N4/c44-27-28-25-41-35(32-18-8-10-20-36(32)45(41)29-13-3-1-4-14-29)26-40(28)47-38-22-12-9-19-34(38)42-39(47)24-23-33-31-17-7-11-21-37(31)46(43(33)42)30-15-5-2-6-16-30/h1-26H. The van der Waals surface area contributed by atoms with E-state index in [1.54, 1.807) is 0 Å². The number of nitriles is 1. The average molecular weight is 599 g/mol. The van der Waals surface area contributed by atoms with Gasteiger partial charge in [-0.15, -0.1) is 0 Å². The van der Waals surface area contributed by atoms with Crippen molar-refractivity contribution in [2.45, 2.75) is 0 Å². The first kappa shape index (κ1) is 25.7. The number of nitrogens with zero attached hydrogens (tertiary/aromatic N) is 4. The third-order valence-corrected chi connectivity index (χ3v) is 9.65. The Morgan fingerprint density at radius 2 is 0.915 bits per heavy atom. The number of para-hydroxylation sites is 5. The number of benzene rings is 7. The van der Waals surface area contributed by atoms with Gasteiger partial charge in [-0.3, -0.25) is 0 Å². The maximum Gasteiger partial charge on any atom is 0.101 e. The highest BCUT2D eigenvalue weighted by Crippen LogP contribution is 2.43. The number of rotatable bonds is 3. The predicted octanol–water partition coefficient (Wildman–Crippen LogP) is 10.8. The molecular weight excluding hydrogens is 573 g/mol. The van der Waals surface area contributed by atoms with Crippen molar-refractivity contribution in [3.05, 3.63) is 163 Å². The smallest absolute Gasteiger partial charge is 0.101 e. The monoisotopic (exact) mass is 598 g/mol. The van der Waals surface area contributed by atoms with Crippen molar-refractivity contribution in [1.82, 2.24) is 13.7 Å². The summed E-state index contributed by atoms with van der Waals surface area (Å²) in [4.78, 5) is 0. The third-order valence-electron chi connectivity index (χ3n) is 9.65. The van der Waals surface area contributed by atoms with Crippen LogP contribution >= 0.6 is 0 Å². The lowest BCUT2D eigenvalue weighted by molar-refractivity contribution is 1.16. The predicted molar refractivity (Wildman–Crippen MR) is 194 cm³/mol. The molecule has 0 fully saturated rings. The number of aromatic nitrogens is 3. The molecule has 0 bridgehead atoms. The molecule has 4 nitrogen and oxygen atoms in total. The van der Waals surface area contributed by atoms with E-state index >= 15 is 0 Å². The van der Waals surface area contributed by atoms with Crippen LogP contribution in [0.15, 0.2) is 158 Å². The van der Waals surface area contributed by atoms with Crippen LogP contribution in [-0.4, -0.2) is 13.7 Å². The van der Waals surface area contributed by atoms with E-state index in [4.69, 9.17) is 0 Å². The fourth-order valence-corrected chi connectivity index (χ4v) is 7.75. The van der Waals surface area contributed by atoms with Crippen molar-refractivity contribution in [2.24, 2.45) is 0 Å².